The van der Waals surface area contributed by atoms with Crippen molar-refractivity contribution in [3.05, 3.63) is 33.8 Å². The Morgan fingerprint density at radius 1 is 1.29 bits per heavy atom. The molecular weight excluding hydrogens is 347 g/mol. The van der Waals surface area contributed by atoms with Gasteiger partial charge in [-0.1, -0.05) is 45.2 Å². The fourth-order valence-corrected chi connectivity index (χ4v) is 3.84. The number of alkyl halides is 1. The molecule has 0 fully saturated rings. The van der Waals surface area contributed by atoms with Gasteiger partial charge in [0.1, 0.15) is 0 Å². The highest BCUT2D eigenvalue weighted by atomic mass is 79.9. The lowest BCUT2D eigenvalue weighted by molar-refractivity contribution is 0.548. The Bertz CT molecular complexity index is 526. The topological polar surface area (TPSA) is 34.1 Å². The van der Waals surface area contributed by atoms with E-state index in [9.17, 15) is 8.42 Å². The Hall–Kier alpha value is 0.230. The van der Waals surface area contributed by atoms with Gasteiger partial charge in [0.25, 0.3) is 0 Å². The highest BCUT2D eigenvalue weighted by Gasteiger charge is 2.39. The van der Waals surface area contributed by atoms with Crippen molar-refractivity contribution in [3.63, 3.8) is 0 Å². The molecule has 1 unspecified atom stereocenters. The second-order valence-corrected chi connectivity index (χ2v) is 8.76. The lowest BCUT2D eigenvalue weighted by atomic mass is 10.0. The molecule has 1 aromatic rings. The smallest absolute Gasteiger partial charge is 0.154 e. The molecule has 1 aromatic carbocycles. The van der Waals surface area contributed by atoms with Gasteiger partial charge in [0.15, 0.2) is 9.84 Å². The molecule has 96 valence electrons. The predicted octanol–water partition coefficient (Wildman–Crippen LogP) is 4.25. The number of hydrogen-bond donors (Lipinski definition) is 0. The van der Waals surface area contributed by atoms with Crippen molar-refractivity contribution >= 4 is 49.0 Å². The van der Waals surface area contributed by atoms with E-state index in [-0.39, 0.29) is 0 Å². The fraction of sp³-hybridized carbons (Fsp3) is 0.455. The second-order valence-electron chi connectivity index (χ2n) is 4.40. The first-order chi connectivity index (χ1) is 7.57. The molecule has 0 aromatic heterocycles. The van der Waals surface area contributed by atoms with Crippen LogP contribution in [0.15, 0.2) is 18.2 Å². The second kappa shape index (κ2) is 5.08. The molecule has 0 aliphatic carbocycles. The van der Waals surface area contributed by atoms with E-state index < -0.39 is 19.4 Å². The Balaban J connectivity index is 3.26. The normalized spacial score (nSPS) is 14.7. The summed E-state index contributed by atoms with van der Waals surface area (Å²) in [6, 6.07) is 5.03. The standard InChI is InChI=1S/C11H13BrCl2O2S/c1-11(2,17(3,15)16)10(12)8-5-4-7(13)6-9(8)14/h4-6,10H,1-3H3. The van der Waals surface area contributed by atoms with Crippen LogP contribution in [-0.4, -0.2) is 19.4 Å². The molecule has 0 N–H and O–H groups in total. The fourth-order valence-electron chi connectivity index (χ4n) is 1.27. The van der Waals surface area contributed by atoms with Crippen molar-refractivity contribution in [1.29, 1.82) is 0 Å². The van der Waals surface area contributed by atoms with Crippen molar-refractivity contribution in [3.8, 4) is 0 Å². The lowest BCUT2D eigenvalue weighted by Crippen LogP contribution is -2.35. The Morgan fingerprint density at radius 2 is 1.82 bits per heavy atom. The van der Waals surface area contributed by atoms with Gasteiger partial charge in [0.05, 0.1) is 9.57 Å². The minimum atomic E-state index is -3.22. The molecule has 0 spiro atoms. The largest absolute Gasteiger partial charge is 0.229 e. The predicted molar refractivity (Wildman–Crippen MR) is 77.1 cm³/mol. The van der Waals surface area contributed by atoms with E-state index >= 15 is 0 Å². The van der Waals surface area contributed by atoms with Crippen LogP contribution in [0.4, 0.5) is 0 Å². The zero-order chi connectivity index (χ0) is 13.4. The number of benzene rings is 1. The molecule has 0 saturated carbocycles. The third-order valence-corrected chi connectivity index (χ3v) is 7.45. The van der Waals surface area contributed by atoms with Gasteiger partial charge in [-0.3, -0.25) is 0 Å². The van der Waals surface area contributed by atoms with E-state index in [1.807, 2.05) is 0 Å². The lowest BCUT2D eigenvalue weighted by Gasteiger charge is -2.29. The van der Waals surface area contributed by atoms with Crippen LogP contribution in [0.3, 0.4) is 0 Å². The third kappa shape index (κ3) is 3.16. The summed E-state index contributed by atoms with van der Waals surface area (Å²) in [6.45, 7) is 3.32. The third-order valence-electron chi connectivity index (χ3n) is 2.80. The van der Waals surface area contributed by atoms with Crippen molar-refractivity contribution in [2.45, 2.75) is 23.4 Å². The summed E-state index contributed by atoms with van der Waals surface area (Å²) in [7, 11) is -3.22. The van der Waals surface area contributed by atoms with Gasteiger partial charge in [-0.05, 0) is 31.5 Å². The molecule has 1 atom stereocenters. The Morgan fingerprint density at radius 3 is 2.24 bits per heavy atom. The van der Waals surface area contributed by atoms with Crippen LogP contribution in [0.25, 0.3) is 0 Å². The highest BCUT2D eigenvalue weighted by molar-refractivity contribution is 9.09. The van der Waals surface area contributed by atoms with Crippen molar-refractivity contribution in [2.75, 3.05) is 6.26 Å². The summed E-state index contributed by atoms with van der Waals surface area (Å²) in [5.74, 6) is 0. The molecule has 0 heterocycles. The average Bonchev–Trinajstić information content (AvgIpc) is 2.14. The van der Waals surface area contributed by atoms with Gasteiger partial charge >= 0.3 is 0 Å². The van der Waals surface area contributed by atoms with Crippen LogP contribution in [0.1, 0.15) is 24.2 Å². The molecule has 0 aliphatic heterocycles. The maximum atomic E-state index is 11.7. The van der Waals surface area contributed by atoms with Gasteiger partial charge in [-0.25, -0.2) is 8.42 Å². The molecule has 1 rings (SSSR count). The van der Waals surface area contributed by atoms with Gasteiger partial charge in [0.2, 0.25) is 0 Å². The molecule has 17 heavy (non-hydrogen) atoms. The van der Waals surface area contributed by atoms with Gasteiger partial charge in [-0.15, -0.1) is 0 Å². The number of rotatable bonds is 3. The monoisotopic (exact) mass is 358 g/mol. The SMILES string of the molecule is CC(C)(C(Br)c1ccc(Cl)cc1Cl)S(C)(=O)=O. The van der Waals surface area contributed by atoms with Crippen molar-refractivity contribution in [2.24, 2.45) is 0 Å². The van der Waals surface area contributed by atoms with Crippen molar-refractivity contribution < 1.29 is 8.42 Å². The molecule has 0 aliphatic rings. The molecule has 0 saturated heterocycles. The maximum absolute atomic E-state index is 11.7. The summed E-state index contributed by atoms with van der Waals surface area (Å²) in [5.41, 5.74) is 0.714. The zero-order valence-corrected chi connectivity index (χ0v) is 13.6. The van der Waals surface area contributed by atoms with Crippen LogP contribution < -0.4 is 0 Å². The van der Waals surface area contributed by atoms with E-state index in [1.54, 1.807) is 32.0 Å². The number of sulfone groups is 1. The quantitative estimate of drug-likeness (QED) is 0.756. The zero-order valence-electron chi connectivity index (χ0n) is 9.67. The number of hydrogen-bond acceptors (Lipinski definition) is 2. The summed E-state index contributed by atoms with van der Waals surface area (Å²) in [6.07, 6.45) is 1.21. The van der Waals surface area contributed by atoms with Crippen LogP contribution in [-0.2, 0) is 9.84 Å². The van der Waals surface area contributed by atoms with Crippen LogP contribution in [0, 0.1) is 0 Å². The molecule has 6 heteroatoms. The van der Waals surface area contributed by atoms with Crippen LogP contribution in [0.5, 0.6) is 0 Å². The van der Waals surface area contributed by atoms with Crippen LogP contribution in [0.2, 0.25) is 10.0 Å². The molecule has 0 radical (unpaired) electrons. The molecule has 0 amide bonds. The molecule has 0 bridgehead atoms. The van der Waals surface area contributed by atoms with Gasteiger partial charge < -0.3 is 0 Å². The maximum Gasteiger partial charge on any atom is 0.154 e. The Labute approximate surface area is 120 Å². The first-order valence-corrected chi connectivity index (χ1v) is 8.42. The first-order valence-electron chi connectivity index (χ1n) is 4.86. The van der Waals surface area contributed by atoms with E-state index in [0.717, 1.165) is 0 Å². The number of halogens is 3. The van der Waals surface area contributed by atoms with E-state index in [0.29, 0.717) is 15.6 Å². The van der Waals surface area contributed by atoms with E-state index in [1.165, 1.54) is 6.26 Å². The van der Waals surface area contributed by atoms with E-state index in [2.05, 4.69) is 15.9 Å². The minimum Gasteiger partial charge on any atom is -0.229 e. The van der Waals surface area contributed by atoms with Crippen molar-refractivity contribution in [1.82, 2.24) is 0 Å². The summed E-state index contributed by atoms with van der Waals surface area (Å²) in [4.78, 5) is -0.394. The van der Waals surface area contributed by atoms with Gasteiger partial charge in [0, 0.05) is 16.3 Å². The first kappa shape index (κ1) is 15.3. The molecule has 2 nitrogen and oxygen atoms in total. The van der Waals surface area contributed by atoms with Crippen LogP contribution >= 0.6 is 39.1 Å². The highest BCUT2D eigenvalue weighted by Crippen LogP contribution is 2.42. The Kier molecular flexibility index (Phi) is 4.57. The minimum absolute atomic E-state index is 0.394. The summed E-state index contributed by atoms with van der Waals surface area (Å²) >= 11 is 15.3. The summed E-state index contributed by atoms with van der Waals surface area (Å²) < 4.78 is 22.5. The summed E-state index contributed by atoms with van der Waals surface area (Å²) in [5, 5.41) is 0.978. The van der Waals surface area contributed by atoms with E-state index in [4.69, 9.17) is 23.2 Å². The molecular formula is C11H13BrCl2O2S. The average molecular weight is 360 g/mol. The van der Waals surface area contributed by atoms with Gasteiger partial charge in [-0.2, -0.15) is 0 Å².